The summed E-state index contributed by atoms with van der Waals surface area (Å²) < 4.78 is 27.8. The molecule has 3 aromatic rings. The van der Waals surface area contributed by atoms with Gasteiger partial charge in [0.15, 0.2) is 0 Å². The molecule has 1 atom stereocenters. The van der Waals surface area contributed by atoms with Gasteiger partial charge in [-0.25, -0.2) is 12.4 Å². The predicted octanol–water partition coefficient (Wildman–Crippen LogP) is 3.90. The van der Waals surface area contributed by atoms with Crippen molar-refractivity contribution in [3.05, 3.63) is 64.8 Å². The molecular weight excluding hydrogens is 370 g/mol. The standard InChI is InChI=1S/C19H18ClN3O2S/c1-12-3-8-19-16(9-12)17(18-10-21-13(2)22-18)11-23(19)26(24,25)15-6-4-14(20)5-7-15/h3-9,11,18H,10H2,1-2H3,(H,21,22). The van der Waals surface area contributed by atoms with E-state index in [1.54, 1.807) is 18.3 Å². The number of nitrogens with zero attached hydrogens (tertiary/aromatic N) is 2. The number of nitrogens with one attached hydrogen (secondary N) is 1. The number of halogens is 1. The van der Waals surface area contributed by atoms with Crippen LogP contribution in [0.3, 0.4) is 0 Å². The van der Waals surface area contributed by atoms with Gasteiger partial charge in [0.25, 0.3) is 10.0 Å². The number of rotatable bonds is 3. The van der Waals surface area contributed by atoms with Gasteiger partial charge in [0.05, 0.1) is 28.8 Å². The second kappa shape index (κ2) is 6.14. The number of fused-ring (bicyclic) bond motifs is 1. The van der Waals surface area contributed by atoms with Crippen LogP contribution in [-0.4, -0.2) is 24.8 Å². The smallest absolute Gasteiger partial charge is 0.268 e. The lowest BCUT2D eigenvalue weighted by Crippen LogP contribution is -2.20. The molecule has 1 aliphatic rings. The van der Waals surface area contributed by atoms with Crippen molar-refractivity contribution in [1.82, 2.24) is 9.29 Å². The fourth-order valence-electron chi connectivity index (χ4n) is 3.28. The van der Waals surface area contributed by atoms with Gasteiger partial charge in [-0.15, -0.1) is 0 Å². The highest BCUT2D eigenvalue weighted by molar-refractivity contribution is 7.90. The lowest BCUT2D eigenvalue weighted by molar-refractivity contribution is 0.588. The Morgan fingerprint density at radius 1 is 1.15 bits per heavy atom. The zero-order valence-electron chi connectivity index (χ0n) is 14.4. The largest absolute Gasteiger partial charge is 0.365 e. The van der Waals surface area contributed by atoms with Crippen molar-refractivity contribution in [2.24, 2.45) is 4.99 Å². The molecule has 1 aromatic heterocycles. The van der Waals surface area contributed by atoms with Crippen molar-refractivity contribution in [3.8, 4) is 0 Å². The molecule has 2 heterocycles. The number of hydrogen-bond acceptors (Lipinski definition) is 4. The van der Waals surface area contributed by atoms with E-state index in [1.165, 1.54) is 16.1 Å². The summed E-state index contributed by atoms with van der Waals surface area (Å²) >= 11 is 5.90. The van der Waals surface area contributed by atoms with Crippen LogP contribution >= 0.6 is 11.6 Å². The van der Waals surface area contributed by atoms with E-state index in [9.17, 15) is 8.42 Å². The minimum atomic E-state index is -3.72. The molecule has 1 unspecified atom stereocenters. The fraction of sp³-hybridized carbons (Fsp3) is 0.211. The predicted molar refractivity (Wildman–Crippen MR) is 105 cm³/mol. The van der Waals surface area contributed by atoms with Crippen molar-refractivity contribution in [1.29, 1.82) is 0 Å². The molecule has 0 aliphatic carbocycles. The number of hydrogen-bond donors (Lipinski definition) is 1. The van der Waals surface area contributed by atoms with Gasteiger partial charge in [0.2, 0.25) is 0 Å². The molecule has 2 aromatic carbocycles. The maximum atomic E-state index is 13.2. The van der Waals surface area contributed by atoms with Crippen LogP contribution in [-0.2, 0) is 10.0 Å². The van der Waals surface area contributed by atoms with Crippen LogP contribution in [0, 0.1) is 6.92 Å². The van der Waals surface area contributed by atoms with Crippen molar-refractivity contribution in [2.75, 3.05) is 6.54 Å². The number of amidine groups is 1. The highest BCUT2D eigenvalue weighted by atomic mass is 35.5. The van der Waals surface area contributed by atoms with Crippen LogP contribution in [0.2, 0.25) is 5.02 Å². The summed E-state index contributed by atoms with van der Waals surface area (Å²) in [6.45, 7) is 4.51. The number of aromatic nitrogens is 1. The molecule has 1 aliphatic heterocycles. The lowest BCUT2D eigenvalue weighted by atomic mass is 10.0. The molecule has 0 saturated carbocycles. The summed E-state index contributed by atoms with van der Waals surface area (Å²) in [6, 6.07) is 12.0. The Morgan fingerprint density at radius 2 is 1.88 bits per heavy atom. The summed E-state index contributed by atoms with van der Waals surface area (Å²) in [4.78, 5) is 4.60. The van der Waals surface area contributed by atoms with Crippen LogP contribution in [0.4, 0.5) is 0 Å². The van der Waals surface area contributed by atoms with E-state index < -0.39 is 10.0 Å². The minimum Gasteiger partial charge on any atom is -0.365 e. The van der Waals surface area contributed by atoms with Gasteiger partial charge in [0, 0.05) is 22.2 Å². The molecule has 26 heavy (non-hydrogen) atoms. The Morgan fingerprint density at radius 3 is 2.54 bits per heavy atom. The van der Waals surface area contributed by atoms with E-state index in [0.717, 1.165) is 22.3 Å². The van der Waals surface area contributed by atoms with Gasteiger partial charge in [-0.05, 0) is 50.2 Å². The van der Waals surface area contributed by atoms with Gasteiger partial charge in [-0.1, -0.05) is 23.2 Å². The first-order valence-corrected chi connectivity index (χ1v) is 10.1. The SMILES string of the molecule is CC1=NCC(c2cn(S(=O)(=O)c3ccc(Cl)cc3)c3ccc(C)cc23)N1. The maximum absolute atomic E-state index is 13.2. The van der Waals surface area contributed by atoms with E-state index >= 15 is 0 Å². The molecule has 0 saturated heterocycles. The Labute approximate surface area is 157 Å². The van der Waals surface area contributed by atoms with Crippen LogP contribution < -0.4 is 5.32 Å². The van der Waals surface area contributed by atoms with Crippen LogP contribution in [0.5, 0.6) is 0 Å². The van der Waals surface area contributed by atoms with Gasteiger partial charge >= 0.3 is 0 Å². The topological polar surface area (TPSA) is 63.5 Å². The number of benzene rings is 2. The third-order valence-corrected chi connectivity index (χ3v) is 6.54. The van der Waals surface area contributed by atoms with E-state index in [1.807, 2.05) is 32.0 Å². The van der Waals surface area contributed by atoms with Crippen LogP contribution in [0.1, 0.15) is 24.1 Å². The van der Waals surface area contributed by atoms with Gasteiger partial charge in [-0.3, -0.25) is 4.99 Å². The fourth-order valence-corrected chi connectivity index (χ4v) is 4.79. The molecule has 0 spiro atoms. The second-order valence-electron chi connectivity index (χ2n) is 6.48. The molecule has 4 rings (SSSR count). The molecule has 0 fully saturated rings. The maximum Gasteiger partial charge on any atom is 0.268 e. The summed E-state index contributed by atoms with van der Waals surface area (Å²) in [5.41, 5.74) is 2.67. The minimum absolute atomic E-state index is 0.0269. The lowest BCUT2D eigenvalue weighted by Gasteiger charge is -2.09. The monoisotopic (exact) mass is 387 g/mol. The highest BCUT2D eigenvalue weighted by Crippen LogP contribution is 2.32. The second-order valence-corrected chi connectivity index (χ2v) is 8.73. The summed E-state index contributed by atoms with van der Waals surface area (Å²) in [5.74, 6) is 0.865. The van der Waals surface area contributed by atoms with E-state index in [-0.39, 0.29) is 10.9 Å². The number of aliphatic imine (C=N–C) groups is 1. The van der Waals surface area contributed by atoms with Gasteiger partial charge < -0.3 is 5.32 Å². The molecule has 1 N–H and O–H groups in total. The number of aryl methyl sites for hydroxylation is 1. The van der Waals surface area contributed by atoms with E-state index in [0.29, 0.717) is 17.1 Å². The third kappa shape index (κ3) is 2.79. The quantitative estimate of drug-likeness (QED) is 0.741. The first kappa shape index (κ1) is 17.1. The molecular formula is C19H18ClN3O2S. The zero-order valence-corrected chi connectivity index (χ0v) is 16.0. The van der Waals surface area contributed by atoms with Gasteiger partial charge in [-0.2, -0.15) is 0 Å². The van der Waals surface area contributed by atoms with E-state index in [2.05, 4.69) is 10.3 Å². The Hall–Kier alpha value is -2.31. The first-order chi connectivity index (χ1) is 12.4. The van der Waals surface area contributed by atoms with Crippen molar-refractivity contribution in [2.45, 2.75) is 24.8 Å². The third-order valence-electron chi connectivity index (χ3n) is 4.60. The molecule has 0 radical (unpaired) electrons. The molecule has 0 amide bonds. The average molecular weight is 388 g/mol. The summed E-state index contributed by atoms with van der Waals surface area (Å²) in [6.07, 6.45) is 1.71. The normalized spacial score (nSPS) is 17.3. The zero-order chi connectivity index (χ0) is 18.5. The summed E-state index contributed by atoms with van der Waals surface area (Å²) in [7, 11) is -3.72. The first-order valence-electron chi connectivity index (χ1n) is 8.26. The Kier molecular flexibility index (Phi) is 4.04. The average Bonchev–Trinajstić information content (AvgIpc) is 3.18. The van der Waals surface area contributed by atoms with Crippen molar-refractivity contribution in [3.63, 3.8) is 0 Å². The Bertz CT molecular complexity index is 1130. The molecule has 5 nitrogen and oxygen atoms in total. The molecule has 134 valence electrons. The van der Waals surface area contributed by atoms with E-state index in [4.69, 9.17) is 11.6 Å². The van der Waals surface area contributed by atoms with Crippen molar-refractivity contribution >= 4 is 38.4 Å². The Balaban J connectivity index is 1.92. The highest BCUT2D eigenvalue weighted by Gasteiger charge is 2.26. The van der Waals surface area contributed by atoms with Crippen LogP contribution in [0.15, 0.2) is 58.5 Å². The van der Waals surface area contributed by atoms with Crippen LogP contribution in [0.25, 0.3) is 10.9 Å². The van der Waals surface area contributed by atoms with Crippen molar-refractivity contribution < 1.29 is 8.42 Å². The molecule has 7 heteroatoms. The molecule has 0 bridgehead atoms. The van der Waals surface area contributed by atoms with Gasteiger partial charge in [0.1, 0.15) is 0 Å². The summed E-state index contributed by atoms with van der Waals surface area (Å²) in [5, 5.41) is 4.74.